The Hall–Kier alpha value is -1.36. The van der Waals surface area contributed by atoms with Crippen LogP contribution >= 0.6 is 23.1 Å². The third kappa shape index (κ3) is 2.37. The van der Waals surface area contributed by atoms with Crippen LogP contribution in [0, 0.1) is 0 Å². The molecule has 2 N–H and O–H groups in total. The summed E-state index contributed by atoms with van der Waals surface area (Å²) in [7, 11) is 0. The van der Waals surface area contributed by atoms with E-state index in [0.717, 1.165) is 11.1 Å². The van der Waals surface area contributed by atoms with Gasteiger partial charge in [0.2, 0.25) is 0 Å². The first kappa shape index (κ1) is 13.3. The number of nitrogens with zero attached hydrogens (tertiary/aromatic N) is 1. The van der Waals surface area contributed by atoms with Crippen molar-refractivity contribution in [1.29, 1.82) is 0 Å². The van der Waals surface area contributed by atoms with Gasteiger partial charge in [-0.05, 0) is 40.8 Å². The lowest BCUT2D eigenvalue weighted by Gasteiger charge is -2.13. The largest absolute Gasteiger partial charge is 0.320 e. The van der Waals surface area contributed by atoms with Crippen molar-refractivity contribution < 1.29 is 0 Å². The monoisotopic (exact) mass is 312 g/mol. The highest BCUT2D eigenvalue weighted by atomic mass is 32.2. The van der Waals surface area contributed by atoms with Crippen LogP contribution in [0.2, 0.25) is 0 Å². The maximum Gasteiger partial charge on any atom is 0.0652 e. The molecular weight excluding hydrogens is 296 g/mol. The van der Waals surface area contributed by atoms with E-state index >= 15 is 0 Å². The summed E-state index contributed by atoms with van der Waals surface area (Å²) in [4.78, 5) is 7.01. The van der Waals surface area contributed by atoms with Crippen molar-refractivity contribution in [2.24, 2.45) is 5.73 Å². The SMILES string of the molecule is NC(c1cc2c(s1)CCSC2)c1cccc2cnccc12. The molecule has 3 heterocycles. The molecule has 0 saturated heterocycles. The number of rotatable bonds is 2. The standard InChI is InChI=1S/C17H16N2S2/c18-17(16-8-12-10-20-7-5-15(12)21-16)14-3-1-2-11-9-19-6-4-13(11)14/h1-4,6,8-9,17H,5,7,10,18H2. The number of hydrogen-bond acceptors (Lipinski definition) is 4. The number of benzene rings is 1. The molecule has 0 saturated carbocycles. The molecule has 1 aliphatic rings. The molecule has 0 bridgehead atoms. The third-order valence-corrected chi connectivity index (χ3v) is 6.33. The highest BCUT2D eigenvalue weighted by molar-refractivity contribution is 7.98. The van der Waals surface area contributed by atoms with Gasteiger partial charge >= 0.3 is 0 Å². The summed E-state index contributed by atoms with van der Waals surface area (Å²) >= 11 is 3.91. The van der Waals surface area contributed by atoms with Crippen LogP contribution in [0.1, 0.15) is 26.9 Å². The van der Waals surface area contributed by atoms with Crippen LogP contribution in [-0.2, 0) is 12.2 Å². The number of fused-ring (bicyclic) bond motifs is 2. The van der Waals surface area contributed by atoms with Crippen molar-refractivity contribution in [2.45, 2.75) is 18.2 Å². The van der Waals surface area contributed by atoms with E-state index in [1.807, 2.05) is 35.5 Å². The van der Waals surface area contributed by atoms with Crippen LogP contribution in [-0.4, -0.2) is 10.7 Å². The van der Waals surface area contributed by atoms with Gasteiger partial charge in [-0.1, -0.05) is 18.2 Å². The number of thioether (sulfide) groups is 1. The molecule has 4 heteroatoms. The number of nitrogens with two attached hydrogens (primary N) is 1. The Morgan fingerprint density at radius 1 is 1.24 bits per heavy atom. The fourth-order valence-corrected chi connectivity index (χ4v) is 5.29. The first-order valence-corrected chi connectivity index (χ1v) is 9.07. The van der Waals surface area contributed by atoms with E-state index in [1.165, 1.54) is 38.4 Å². The average Bonchev–Trinajstić information content (AvgIpc) is 2.97. The second-order valence-corrected chi connectivity index (χ2v) is 7.59. The van der Waals surface area contributed by atoms with Crippen LogP contribution in [0.25, 0.3) is 10.8 Å². The van der Waals surface area contributed by atoms with Crippen LogP contribution in [0.15, 0.2) is 42.7 Å². The summed E-state index contributed by atoms with van der Waals surface area (Å²) in [5.41, 5.74) is 9.26. The lowest BCUT2D eigenvalue weighted by atomic mass is 9.99. The molecule has 4 rings (SSSR count). The van der Waals surface area contributed by atoms with Crippen molar-refractivity contribution in [3.63, 3.8) is 0 Å². The molecule has 0 fully saturated rings. The molecule has 0 amide bonds. The summed E-state index contributed by atoms with van der Waals surface area (Å²) in [6, 6.07) is 10.6. The van der Waals surface area contributed by atoms with Gasteiger partial charge in [-0.15, -0.1) is 11.3 Å². The van der Waals surface area contributed by atoms with E-state index in [9.17, 15) is 0 Å². The second-order valence-electron chi connectivity index (χ2n) is 5.32. The topological polar surface area (TPSA) is 38.9 Å². The van der Waals surface area contributed by atoms with Gasteiger partial charge in [0, 0.05) is 33.3 Å². The zero-order valence-corrected chi connectivity index (χ0v) is 13.2. The fraction of sp³-hybridized carbons (Fsp3) is 0.235. The zero-order chi connectivity index (χ0) is 14.2. The molecule has 1 unspecified atom stereocenters. The number of thiophene rings is 1. The van der Waals surface area contributed by atoms with Crippen molar-refractivity contribution in [3.8, 4) is 0 Å². The molecular formula is C17H16N2S2. The highest BCUT2D eigenvalue weighted by Gasteiger charge is 2.19. The van der Waals surface area contributed by atoms with Gasteiger partial charge in [-0.25, -0.2) is 0 Å². The first-order chi connectivity index (χ1) is 10.3. The summed E-state index contributed by atoms with van der Waals surface area (Å²) in [6.45, 7) is 0. The minimum atomic E-state index is -0.0447. The number of aromatic nitrogens is 1. The Morgan fingerprint density at radius 2 is 2.19 bits per heavy atom. The van der Waals surface area contributed by atoms with E-state index < -0.39 is 0 Å². The van der Waals surface area contributed by atoms with E-state index in [2.05, 4.69) is 35.3 Å². The molecule has 2 nitrogen and oxygen atoms in total. The van der Waals surface area contributed by atoms with E-state index in [0.29, 0.717) is 0 Å². The Labute approximate surface area is 132 Å². The molecule has 21 heavy (non-hydrogen) atoms. The van der Waals surface area contributed by atoms with E-state index in [1.54, 1.807) is 0 Å². The lowest BCUT2D eigenvalue weighted by molar-refractivity contribution is 0.902. The molecule has 1 aliphatic heterocycles. The molecule has 0 radical (unpaired) electrons. The number of aryl methyl sites for hydroxylation is 1. The van der Waals surface area contributed by atoms with Gasteiger partial charge < -0.3 is 5.73 Å². The maximum atomic E-state index is 6.58. The Bertz CT molecular complexity index is 766. The third-order valence-electron chi connectivity index (χ3n) is 4.00. The highest BCUT2D eigenvalue weighted by Crippen LogP contribution is 2.37. The normalized spacial score (nSPS) is 15.9. The van der Waals surface area contributed by atoms with Crippen LogP contribution < -0.4 is 5.73 Å². The summed E-state index contributed by atoms with van der Waals surface area (Å²) in [5.74, 6) is 2.38. The molecule has 3 aromatic rings. The average molecular weight is 312 g/mol. The van der Waals surface area contributed by atoms with Crippen molar-refractivity contribution in [1.82, 2.24) is 4.98 Å². The van der Waals surface area contributed by atoms with Gasteiger partial charge in [-0.2, -0.15) is 11.8 Å². The van der Waals surface area contributed by atoms with Crippen molar-refractivity contribution >= 4 is 33.9 Å². The Balaban J connectivity index is 1.79. The molecule has 1 atom stereocenters. The van der Waals surface area contributed by atoms with Gasteiger partial charge in [0.1, 0.15) is 0 Å². The molecule has 2 aromatic heterocycles. The Morgan fingerprint density at radius 3 is 3.10 bits per heavy atom. The lowest BCUT2D eigenvalue weighted by Crippen LogP contribution is -2.10. The minimum Gasteiger partial charge on any atom is -0.320 e. The summed E-state index contributed by atoms with van der Waals surface area (Å²) in [6.07, 6.45) is 4.94. The summed E-state index contributed by atoms with van der Waals surface area (Å²) in [5, 5.41) is 2.36. The molecule has 1 aromatic carbocycles. The number of hydrogen-bond donors (Lipinski definition) is 1. The zero-order valence-electron chi connectivity index (χ0n) is 11.6. The van der Waals surface area contributed by atoms with Crippen molar-refractivity contribution in [2.75, 3.05) is 5.75 Å². The van der Waals surface area contributed by atoms with Crippen molar-refractivity contribution in [3.05, 3.63) is 63.6 Å². The van der Waals surface area contributed by atoms with E-state index in [4.69, 9.17) is 5.73 Å². The van der Waals surface area contributed by atoms with E-state index in [-0.39, 0.29) is 6.04 Å². The van der Waals surface area contributed by atoms with Crippen LogP contribution in [0.5, 0.6) is 0 Å². The Kier molecular flexibility index (Phi) is 3.45. The molecule has 0 spiro atoms. The number of pyridine rings is 1. The first-order valence-electron chi connectivity index (χ1n) is 7.10. The van der Waals surface area contributed by atoms with Crippen LogP contribution in [0.4, 0.5) is 0 Å². The predicted octanol–water partition coefficient (Wildman–Crippen LogP) is 4.13. The fourth-order valence-electron chi connectivity index (χ4n) is 2.90. The predicted molar refractivity (Wildman–Crippen MR) is 92.0 cm³/mol. The van der Waals surface area contributed by atoms with Gasteiger partial charge in [0.25, 0.3) is 0 Å². The van der Waals surface area contributed by atoms with Gasteiger partial charge in [-0.3, -0.25) is 4.98 Å². The molecule has 106 valence electrons. The second kappa shape index (κ2) is 5.44. The minimum absolute atomic E-state index is 0.0447. The maximum absolute atomic E-state index is 6.58. The van der Waals surface area contributed by atoms with Gasteiger partial charge in [0.05, 0.1) is 6.04 Å². The smallest absolute Gasteiger partial charge is 0.0652 e. The quantitative estimate of drug-likeness (QED) is 0.773. The van der Waals surface area contributed by atoms with Crippen LogP contribution in [0.3, 0.4) is 0 Å². The summed E-state index contributed by atoms with van der Waals surface area (Å²) < 4.78 is 0. The molecule has 0 aliphatic carbocycles. The van der Waals surface area contributed by atoms with Gasteiger partial charge in [0.15, 0.2) is 0 Å².